The summed E-state index contributed by atoms with van der Waals surface area (Å²) in [5, 5.41) is 3.10. The summed E-state index contributed by atoms with van der Waals surface area (Å²) in [5.41, 5.74) is 8.24. The maximum Gasteiger partial charge on any atom is 0.234 e. The molecule has 25 heavy (non-hydrogen) atoms. The highest BCUT2D eigenvalue weighted by atomic mass is 19.1. The summed E-state index contributed by atoms with van der Waals surface area (Å²) in [4.78, 5) is 11.1. The second-order valence-corrected chi connectivity index (χ2v) is 6.52. The number of ether oxygens (including phenoxy) is 1. The molecule has 0 bridgehead atoms. The smallest absolute Gasteiger partial charge is 0.234 e. The molecule has 4 nitrogen and oxygen atoms in total. The van der Waals surface area contributed by atoms with E-state index < -0.39 is 0 Å². The molecular formula is C20H23FN2O2. The van der Waals surface area contributed by atoms with Crippen LogP contribution in [-0.2, 0) is 17.8 Å². The minimum Gasteiger partial charge on any atom is -0.493 e. The molecule has 2 aromatic carbocycles. The Morgan fingerprint density at radius 2 is 2.16 bits per heavy atom. The molecule has 3 rings (SSSR count). The van der Waals surface area contributed by atoms with Gasteiger partial charge in [0.25, 0.3) is 0 Å². The number of aryl methyl sites for hydroxylation is 1. The molecular weight excluding hydrogens is 319 g/mol. The fraction of sp³-hybridized carbons (Fsp3) is 0.350. The highest BCUT2D eigenvalue weighted by molar-refractivity contribution is 5.79. The number of rotatable bonds is 7. The summed E-state index contributed by atoms with van der Waals surface area (Å²) < 4.78 is 19.5. The van der Waals surface area contributed by atoms with E-state index in [2.05, 4.69) is 11.4 Å². The fourth-order valence-corrected chi connectivity index (χ4v) is 3.08. The molecule has 1 heterocycles. The number of primary amides is 1. The summed E-state index contributed by atoms with van der Waals surface area (Å²) in [7, 11) is 0. The number of nitrogens with two attached hydrogens (primary N) is 1. The van der Waals surface area contributed by atoms with E-state index >= 15 is 0 Å². The van der Waals surface area contributed by atoms with Crippen molar-refractivity contribution in [2.24, 2.45) is 5.73 Å². The first-order valence-electron chi connectivity index (χ1n) is 8.56. The van der Waals surface area contributed by atoms with Crippen molar-refractivity contribution < 1.29 is 13.9 Å². The van der Waals surface area contributed by atoms with Gasteiger partial charge in [0.1, 0.15) is 11.6 Å². The predicted octanol–water partition coefficient (Wildman–Crippen LogP) is 2.90. The monoisotopic (exact) mass is 342 g/mol. The zero-order valence-electron chi connectivity index (χ0n) is 14.3. The molecule has 0 aliphatic carbocycles. The number of halogens is 1. The summed E-state index contributed by atoms with van der Waals surface area (Å²) >= 11 is 0. The average molecular weight is 342 g/mol. The first-order chi connectivity index (χ1) is 12.0. The minimum absolute atomic E-state index is 0.153. The molecule has 5 heteroatoms. The average Bonchev–Trinajstić information content (AvgIpc) is 3.01. The van der Waals surface area contributed by atoms with Gasteiger partial charge in [-0.1, -0.05) is 30.3 Å². The van der Waals surface area contributed by atoms with Gasteiger partial charge in [-0.2, -0.15) is 0 Å². The van der Waals surface area contributed by atoms with E-state index in [1.165, 1.54) is 6.07 Å². The lowest BCUT2D eigenvalue weighted by Gasteiger charge is -2.13. The quantitative estimate of drug-likeness (QED) is 0.813. The van der Waals surface area contributed by atoms with Gasteiger partial charge < -0.3 is 15.8 Å². The lowest BCUT2D eigenvalue weighted by atomic mass is 9.93. The van der Waals surface area contributed by atoms with Crippen LogP contribution < -0.4 is 15.8 Å². The van der Waals surface area contributed by atoms with Gasteiger partial charge in [-0.3, -0.25) is 4.79 Å². The lowest BCUT2D eigenvalue weighted by Crippen LogP contribution is -2.38. The zero-order chi connectivity index (χ0) is 17.8. The molecule has 2 unspecified atom stereocenters. The Morgan fingerprint density at radius 3 is 2.92 bits per heavy atom. The van der Waals surface area contributed by atoms with Gasteiger partial charge in [-0.05, 0) is 43.0 Å². The largest absolute Gasteiger partial charge is 0.493 e. The Morgan fingerprint density at radius 1 is 1.36 bits per heavy atom. The van der Waals surface area contributed by atoms with Gasteiger partial charge in [0.15, 0.2) is 0 Å². The van der Waals surface area contributed by atoms with Crippen LogP contribution >= 0.6 is 0 Å². The van der Waals surface area contributed by atoms with E-state index in [9.17, 15) is 9.18 Å². The number of hydrogen-bond acceptors (Lipinski definition) is 3. The van der Waals surface area contributed by atoms with Crippen LogP contribution in [0.2, 0.25) is 0 Å². The first kappa shape index (κ1) is 17.4. The van der Waals surface area contributed by atoms with Crippen LogP contribution in [0.3, 0.4) is 0 Å². The predicted molar refractivity (Wildman–Crippen MR) is 94.9 cm³/mol. The number of carbonyl (C=O) groups excluding carboxylic acids is 1. The molecule has 3 N–H and O–H groups in total. The van der Waals surface area contributed by atoms with Crippen LogP contribution in [-0.4, -0.2) is 18.6 Å². The molecule has 2 atom stereocenters. The summed E-state index contributed by atoms with van der Waals surface area (Å²) in [6.07, 6.45) is 1.52. The first-order valence-corrected chi connectivity index (χ1v) is 8.56. The Balaban J connectivity index is 1.65. The van der Waals surface area contributed by atoms with Crippen LogP contribution in [0.1, 0.15) is 36.0 Å². The zero-order valence-corrected chi connectivity index (χ0v) is 14.3. The number of hydrogen-bond donors (Lipinski definition) is 2. The third-order valence-electron chi connectivity index (χ3n) is 4.71. The van der Waals surface area contributed by atoms with Crippen molar-refractivity contribution in [3.63, 3.8) is 0 Å². The van der Waals surface area contributed by atoms with E-state index in [0.717, 1.165) is 28.9 Å². The molecule has 0 saturated carbocycles. The van der Waals surface area contributed by atoms with Gasteiger partial charge in [0, 0.05) is 18.0 Å². The topological polar surface area (TPSA) is 64.3 Å². The molecule has 0 radical (unpaired) electrons. The number of amides is 1. The third-order valence-corrected chi connectivity index (χ3v) is 4.71. The highest BCUT2D eigenvalue weighted by Gasteiger charge is 2.24. The van der Waals surface area contributed by atoms with E-state index in [1.54, 1.807) is 13.0 Å². The number of carbonyl (C=O) groups is 1. The van der Waals surface area contributed by atoms with Crippen molar-refractivity contribution in [1.82, 2.24) is 5.32 Å². The number of nitrogens with one attached hydrogen (secondary N) is 1. The molecule has 1 amide bonds. The van der Waals surface area contributed by atoms with Crippen molar-refractivity contribution in [2.45, 2.75) is 38.3 Å². The number of fused-ring (bicyclic) bond motifs is 1. The van der Waals surface area contributed by atoms with Crippen molar-refractivity contribution in [1.29, 1.82) is 0 Å². The molecule has 1 aliphatic rings. The fourth-order valence-electron chi connectivity index (χ4n) is 3.08. The van der Waals surface area contributed by atoms with Crippen LogP contribution in [0.5, 0.6) is 5.75 Å². The lowest BCUT2D eigenvalue weighted by molar-refractivity contribution is -0.119. The maximum absolute atomic E-state index is 13.8. The molecule has 0 saturated heterocycles. The van der Waals surface area contributed by atoms with Gasteiger partial charge in [-0.15, -0.1) is 0 Å². The van der Waals surface area contributed by atoms with Crippen molar-refractivity contribution in [3.05, 3.63) is 65.0 Å². The second kappa shape index (κ2) is 7.66. The van der Waals surface area contributed by atoms with Crippen molar-refractivity contribution in [3.8, 4) is 5.75 Å². The van der Waals surface area contributed by atoms with Gasteiger partial charge in [0.05, 0.1) is 12.6 Å². The normalized spacial score (nSPS) is 17.0. The summed E-state index contributed by atoms with van der Waals surface area (Å²) in [6.45, 7) is 2.94. The van der Waals surface area contributed by atoms with Gasteiger partial charge in [-0.25, -0.2) is 4.39 Å². The molecule has 0 fully saturated rings. The highest BCUT2D eigenvalue weighted by Crippen LogP contribution is 2.37. The van der Waals surface area contributed by atoms with Crippen LogP contribution in [0.15, 0.2) is 42.5 Å². The van der Waals surface area contributed by atoms with Crippen LogP contribution in [0.4, 0.5) is 4.39 Å². The summed E-state index contributed by atoms with van der Waals surface area (Å²) in [6, 6.07) is 12.6. The Hall–Kier alpha value is -2.40. The molecule has 2 aromatic rings. The molecule has 1 aliphatic heterocycles. The maximum atomic E-state index is 13.8. The van der Waals surface area contributed by atoms with Crippen molar-refractivity contribution >= 4 is 5.91 Å². The van der Waals surface area contributed by atoms with E-state index in [-0.39, 0.29) is 23.7 Å². The van der Waals surface area contributed by atoms with Crippen molar-refractivity contribution in [2.75, 3.05) is 6.61 Å². The Labute approximate surface area is 147 Å². The molecule has 0 aromatic heterocycles. The Bertz CT molecular complexity index is 763. The van der Waals surface area contributed by atoms with E-state index in [4.69, 9.17) is 10.5 Å². The van der Waals surface area contributed by atoms with Crippen LogP contribution in [0.25, 0.3) is 0 Å². The Kier molecular flexibility index (Phi) is 5.34. The van der Waals surface area contributed by atoms with Crippen LogP contribution in [0, 0.1) is 5.82 Å². The number of benzene rings is 2. The summed E-state index contributed by atoms with van der Waals surface area (Å²) in [5.74, 6) is 0.626. The minimum atomic E-state index is -0.374. The van der Waals surface area contributed by atoms with E-state index in [0.29, 0.717) is 19.6 Å². The standard InChI is InChI=1S/C20H23FN2O2/c1-13(20(22)24)23-11-14-6-9-19-17(10-14)16(12-25-19)8-7-15-4-2-3-5-18(15)21/h2-6,9-10,13,16,23H,7-8,11-12H2,1H3,(H2,22,24). The van der Waals surface area contributed by atoms with Gasteiger partial charge in [0.2, 0.25) is 5.91 Å². The third kappa shape index (κ3) is 4.17. The second-order valence-electron chi connectivity index (χ2n) is 6.52. The van der Waals surface area contributed by atoms with Gasteiger partial charge >= 0.3 is 0 Å². The SMILES string of the molecule is CC(NCc1ccc2c(c1)C(CCc1ccccc1F)CO2)C(N)=O. The van der Waals surface area contributed by atoms with E-state index in [1.807, 2.05) is 24.3 Å². The molecule has 0 spiro atoms. The molecule has 132 valence electrons.